The Balaban J connectivity index is 1.41. The largest absolute Gasteiger partial charge is 0.497 e. The van der Waals surface area contributed by atoms with E-state index in [1.165, 1.54) is 129 Å². The molecule has 6 aromatic rings. The van der Waals surface area contributed by atoms with Gasteiger partial charge >= 0.3 is 17.1 Å². The molecule has 0 spiro atoms. The monoisotopic (exact) mass is 1180 g/mol. The van der Waals surface area contributed by atoms with Gasteiger partial charge in [0.15, 0.2) is 23.1 Å². The lowest BCUT2D eigenvalue weighted by Crippen LogP contribution is -2.52. The van der Waals surface area contributed by atoms with Crippen molar-refractivity contribution in [1.82, 2.24) is 8.15 Å². The van der Waals surface area contributed by atoms with Crippen molar-refractivity contribution < 1.29 is 73.1 Å². The molecule has 0 radical (unpaired) electrons. The summed E-state index contributed by atoms with van der Waals surface area (Å²) in [5.41, 5.74) is 0.411. The Labute approximate surface area is 476 Å². The van der Waals surface area contributed by atoms with Crippen molar-refractivity contribution in [3.8, 4) is 46.0 Å². The Bertz CT molecular complexity index is 3400. The number of rotatable bonds is 25. The number of ether oxygens (including phenoxy) is 4. The molecule has 0 atom stereocenters. The third kappa shape index (κ3) is 13.9. The van der Waals surface area contributed by atoms with Gasteiger partial charge < -0.3 is 37.0 Å². The molecule has 0 aliphatic heterocycles. The molecule has 0 N–H and O–H groups in total. The fourth-order valence-electron chi connectivity index (χ4n) is 9.33. The van der Waals surface area contributed by atoms with E-state index in [0.29, 0.717) is 0 Å². The summed E-state index contributed by atoms with van der Waals surface area (Å²) in [5.74, 6) is -1.35. The molecular formula is C59H66N2O16P2S2. The second-order valence-electron chi connectivity index (χ2n) is 19.8. The number of sulfonamides is 2. The summed E-state index contributed by atoms with van der Waals surface area (Å²) < 4.78 is 114. The Morgan fingerprint density at radius 3 is 1.04 bits per heavy atom. The third-order valence-corrected chi connectivity index (χ3v) is 22.3. The van der Waals surface area contributed by atoms with Gasteiger partial charge in [-0.1, -0.05) is 39.5 Å². The number of nitrogens with zero attached hydrogens (tertiary/aromatic N) is 2. The van der Waals surface area contributed by atoms with Crippen LogP contribution >= 0.6 is 17.1 Å². The molecule has 7 rings (SSSR count). The fourth-order valence-corrected chi connectivity index (χ4v) is 17.2. The van der Waals surface area contributed by atoms with Crippen LogP contribution in [-0.2, 0) is 20.0 Å². The van der Waals surface area contributed by atoms with E-state index in [-0.39, 0.29) is 104 Å². The highest BCUT2D eigenvalue weighted by Gasteiger charge is 2.53. The lowest BCUT2D eigenvalue weighted by molar-refractivity contribution is 0.100. The van der Waals surface area contributed by atoms with Crippen LogP contribution < -0.4 is 37.0 Å². The summed E-state index contributed by atoms with van der Waals surface area (Å²) in [6, 6.07) is 29.6. The van der Waals surface area contributed by atoms with Gasteiger partial charge in [0.05, 0.1) is 60.5 Å². The summed E-state index contributed by atoms with van der Waals surface area (Å²) in [7, 11) is -9.56. The Hall–Kier alpha value is -6.92. The summed E-state index contributed by atoms with van der Waals surface area (Å²) in [6.07, 6.45) is 0.477. The van der Waals surface area contributed by atoms with Crippen molar-refractivity contribution in [3.63, 3.8) is 0 Å². The first-order valence-electron chi connectivity index (χ1n) is 25.7. The number of Topliss-reactive ketones (excluding diaryl/α,β-unsaturated/α-hetero) is 4. The molecule has 81 heavy (non-hydrogen) atoms. The van der Waals surface area contributed by atoms with E-state index in [0.717, 1.165) is 19.3 Å². The molecule has 1 aliphatic carbocycles. The van der Waals surface area contributed by atoms with E-state index in [9.17, 15) is 19.2 Å². The van der Waals surface area contributed by atoms with Gasteiger partial charge in [-0.25, -0.2) is 16.8 Å². The average Bonchev–Trinajstić information content (AvgIpc) is 3.41. The first-order valence-corrected chi connectivity index (χ1v) is 30.8. The number of carbonyl (C=O) groups is 4. The highest BCUT2D eigenvalue weighted by atomic mass is 32.2. The Morgan fingerprint density at radius 2 is 0.741 bits per heavy atom. The summed E-state index contributed by atoms with van der Waals surface area (Å²) in [4.78, 5) is 52.9. The van der Waals surface area contributed by atoms with Crippen LogP contribution in [-0.4, -0.2) is 88.1 Å². The second-order valence-corrected chi connectivity index (χ2v) is 26.5. The van der Waals surface area contributed by atoms with E-state index < -0.39 is 77.7 Å². The molecule has 22 heteroatoms. The van der Waals surface area contributed by atoms with E-state index in [2.05, 4.69) is 0 Å². The number of hydrogen-bond donors (Lipinski definition) is 0. The molecule has 18 nitrogen and oxygen atoms in total. The number of ketones is 4. The molecule has 0 bridgehead atoms. The predicted octanol–water partition coefficient (Wildman–Crippen LogP) is 12.9. The van der Waals surface area contributed by atoms with Gasteiger partial charge in [0, 0.05) is 35.8 Å². The van der Waals surface area contributed by atoms with Crippen LogP contribution in [0.5, 0.6) is 46.0 Å². The number of hydrogen-bond acceptors (Lipinski definition) is 16. The van der Waals surface area contributed by atoms with Gasteiger partial charge in [0.25, 0.3) is 20.0 Å². The first kappa shape index (κ1) is 61.7. The van der Waals surface area contributed by atoms with Crippen molar-refractivity contribution in [3.05, 3.63) is 155 Å². The molecule has 6 aromatic carbocycles. The molecule has 430 valence electrons. The summed E-state index contributed by atoms with van der Waals surface area (Å²) >= 11 is 0. The normalized spacial score (nSPS) is 14.8. The minimum Gasteiger partial charge on any atom is -0.497 e. The van der Waals surface area contributed by atoms with E-state index in [4.69, 9.17) is 37.0 Å². The van der Waals surface area contributed by atoms with Crippen LogP contribution in [0.2, 0.25) is 0 Å². The van der Waals surface area contributed by atoms with E-state index in [1.807, 2.05) is 13.8 Å². The minimum absolute atomic E-state index is 0.0580. The van der Waals surface area contributed by atoms with Gasteiger partial charge in [-0.3, -0.25) is 19.2 Å². The molecular weight excluding hydrogens is 1120 g/mol. The van der Waals surface area contributed by atoms with Crippen LogP contribution in [0.15, 0.2) is 131 Å². The maximum Gasteiger partial charge on any atom is 0.400 e. The van der Waals surface area contributed by atoms with Crippen LogP contribution in [0.1, 0.15) is 120 Å². The van der Waals surface area contributed by atoms with Crippen molar-refractivity contribution in [2.24, 2.45) is 5.92 Å². The summed E-state index contributed by atoms with van der Waals surface area (Å²) in [5, 5.41) is 0. The second kappa shape index (κ2) is 25.9. The lowest BCUT2D eigenvalue weighted by Gasteiger charge is -2.47. The number of benzene rings is 6. The fraction of sp³-hybridized carbons (Fsp3) is 0.322. The van der Waals surface area contributed by atoms with Crippen molar-refractivity contribution in [2.45, 2.75) is 102 Å². The molecule has 1 aliphatic rings. The van der Waals surface area contributed by atoms with Gasteiger partial charge in [-0.15, -0.1) is 4.08 Å². The Kier molecular flexibility index (Phi) is 19.7. The molecule has 0 heterocycles. The zero-order chi connectivity index (χ0) is 59.1. The number of methoxy groups -OCH3 is 4. The average molecular weight is 1190 g/mol. The van der Waals surface area contributed by atoms with Crippen LogP contribution in [0.4, 0.5) is 0 Å². The standard InChI is InChI=1S/C59H66N2O16P2S2/c1-37-13-25-49(26-14-37)80(66,67)60(78(74-55-33-45(70-9)21-29-51(55)39(3)62)75-56-34-46(71-10)22-30-52(56)40(4)63)44-19-17-43(18-20-44)59(7,8)61(81(68,69)50-27-15-38(2)16-28-50)79(76-57-35-47(72-11)23-31-53(57)41(5)64)77-58-36-48(73-12)24-32-54(58)42(6)65/h13-16,21-36,43-44H,17-20H2,1-12H3. The topological polar surface area (TPSA) is 217 Å². The predicted molar refractivity (Wildman–Crippen MR) is 309 cm³/mol. The Morgan fingerprint density at radius 1 is 0.444 bits per heavy atom. The van der Waals surface area contributed by atoms with Crippen LogP contribution in [0, 0.1) is 19.8 Å². The highest BCUT2D eigenvalue weighted by Crippen LogP contribution is 2.58. The summed E-state index contributed by atoms with van der Waals surface area (Å²) in [6.45, 7) is 12.4. The minimum atomic E-state index is -4.71. The van der Waals surface area contributed by atoms with Crippen molar-refractivity contribution in [2.75, 3.05) is 28.4 Å². The van der Waals surface area contributed by atoms with Crippen LogP contribution in [0.3, 0.4) is 0 Å². The van der Waals surface area contributed by atoms with Gasteiger partial charge in [-0.2, -0.15) is 0 Å². The van der Waals surface area contributed by atoms with Crippen molar-refractivity contribution >= 4 is 60.2 Å². The third-order valence-electron chi connectivity index (χ3n) is 13.9. The quantitative estimate of drug-likeness (QED) is 0.0384. The van der Waals surface area contributed by atoms with E-state index >= 15 is 16.8 Å². The van der Waals surface area contributed by atoms with Crippen LogP contribution in [0.25, 0.3) is 0 Å². The number of aryl methyl sites for hydroxylation is 2. The SMILES string of the molecule is COc1ccc(C(C)=O)c(OP(Oc2cc(OC)ccc2C(C)=O)N(C2CCC(C(C)(C)N(P(Oc3cc(OC)ccc3C(C)=O)Oc3cc(OC)ccc3C(C)=O)S(=O)(=O)c3ccc(C)cc3)CC2)S(=O)(=O)c2ccc(C)cc2)c1. The molecule has 0 aromatic heterocycles. The van der Waals surface area contributed by atoms with Crippen molar-refractivity contribution in [1.29, 1.82) is 0 Å². The number of carbonyl (C=O) groups excluding carboxylic acids is 4. The van der Waals surface area contributed by atoms with Gasteiger partial charge in [0.1, 0.15) is 46.0 Å². The molecule has 1 saturated carbocycles. The maximum atomic E-state index is 15.8. The maximum absolute atomic E-state index is 15.8. The zero-order valence-electron chi connectivity index (χ0n) is 47.2. The first-order chi connectivity index (χ1) is 38.3. The molecule has 0 amide bonds. The molecule has 0 unspecified atom stereocenters. The molecule has 1 fully saturated rings. The van der Waals surface area contributed by atoms with Gasteiger partial charge in [-0.05, 0) is 160 Å². The van der Waals surface area contributed by atoms with E-state index in [1.54, 1.807) is 62.4 Å². The highest BCUT2D eigenvalue weighted by molar-refractivity contribution is 7.94. The zero-order valence-corrected chi connectivity index (χ0v) is 50.6. The van der Waals surface area contributed by atoms with Gasteiger partial charge in [0.2, 0.25) is 0 Å². The molecule has 0 saturated heterocycles. The smallest absolute Gasteiger partial charge is 0.400 e. The lowest BCUT2D eigenvalue weighted by atomic mass is 9.76.